The highest BCUT2D eigenvalue weighted by atomic mass is 32.1. The lowest BCUT2D eigenvalue weighted by Gasteiger charge is -2.09. The van der Waals surface area contributed by atoms with Crippen molar-refractivity contribution in [1.82, 2.24) is 14.9 Å². The van der Waals surface area contributed by atoms with E-state index in [4.69, 9.17) is 14.6 Å². The van der Waals surface area contributed by atoms with Gasteiger partial charge in [0, 0.05) is 4.88 Å². The smallest absolute Gasteiger partial charge is 0.270 e. The molecule has 1 aliphatic rings. The van der Waals surface area contributed by atoms with Gasteiger partial charge < -0.3 is 9.57 Å². The van der Waals surface area contributed by atoms with E-state index < -0.39 is 0 Å². The summed E-state index contributed by atoms with van der Waals surface area (Å²) in [6, 6.07) is 7.66. The normalized spacial score (nSPS) is 16.2. The predicted octanol–water partition coefficient (Wildman–Crippen LogP) is 3.58. The minimum atomic E-state index is -0.136. The molecule has 1 unspecified atom stereocenters. The van der Waals surface area contributed by atoms with Crippen molar-refractivity contribution < 1.29 is 9.57 Å². The standard InChI is InChI=1S/C18H15N3O3S2/c1-8-9(2)25-15-12(8)16(22)21-17-14(26-18(21)19-15)13(20-24-17)10-4-6-11(23-3)7-5-10/h4-7,13,20H,1-3H3. The molecule has 0 bridgehead atoms. The number of hydroxylamine groups is 1. The van der Waals surface area contributed by atoms with Gasteiger partial charge in [-0.05, 0) is 37.1 Å². The largest absolute Gasteiger partial charge is 0.497 e. The van der Waals surface area contributed by atoms with Crippen molar-refractivity contribution >= 4 is 37.9 Å². The molecule has 0 fully saturated rings. The van der Waals surface area contributed by atoms with Crippen LogP contribution in [0.1, 0.15) is 26.9 Å². The second-order valence-corrected chi connectivity index (χ2v) is 8.41. The Balaban J connectivity index is 1.71. The molecule has 4 aromatic rings. The van der Waals surface area contributed by atoms with Crippen molar-refractivity contribution in [3.8, 4) is 11.6 Å². The number of hydrogen-bond acceptors (Lipinski definition) is 7. The third kappa shape index (κ3) is 2.06. The van der Waals surface area contributed by atoms with Crippen LogP contribution in [0.3, 0.4) is 0 Å². The number of methoxy groups -OCH3 is 1. The summed E-state index contributed by atoms with van der Waals surface area (Å²) in [5.74, 6) is 1.33. The third-order valence-corrected chi connectivity index (χ3v) is 6.96. The van der Waals surface area contributed by atoms with Crippen LogP contribution in [-0.2, 0) is 0 Å². The van der Waals surface area contributed by atoms with Crippen molar-refractivity contribution in [3.05, 3.63) is 55.5 Å². The summed E-state index contributed by atoms with van der Waals surface area (Å²) < 4.78 is 6.80. The summed E-state index contributed by atoms with van der Waals surface area (Å²) in [6.07, 6.45) is 0. The minimum Gasteiger partial charge on any atom is -0.497 e. The number of ether oxygens (including phenoxy) is 1. The first-order chi connectivity index (χ1) is 12.6. The molecular weight excluding hydrogens is 370 g/mol. The molecule has 26 heavy (non-hydrogen) atoms. The van der Waals surface area contributed by atoms with Crippen molar-refractivity contribution in [2.75, 3.05) is 7.11 Å². The van der Waals surface area contributed by atoms with Gasteiger partial charge in [-0.25, -0.2) is 9.38 Å². The molecule has 8 heteroatoms. The lowest BCUT2D eigenvalue weighted by atomic mass is 10.1. The molecule has 5 rings (SSSR count). The zero-order valence-electron chi connectivity index (χ0n) is 14.3. The van der Waals surface area contributed by atoms with Gasteiger partial charge in [-0.15, -0.1) is 16.8 Å². The summed E-state index contributed by atoms with van der Waals surface area (Å²) in [4.78, 5) is 27.0. The first-order valence-corrected chi connectivity index (χ1v) is 9.73. The van der Waals surface area contributed by atoms with Crippen LogP contribution in [0.25, 0.3) is 15.2 Å². The van der Waals surface area contributed by atoms with Crippen LogP contribution in [0.5, 0.6) is 11.6 Å². The number of rotatable bonds is 2. The van der Waals surface area contributed by atoms with Gasteiger partial charge in [0.1, 0.15) is 16.6 Å². The summed E-state index contributed by atoms with van der Waals surface area (Å²) in [6.45, 7) is 3.98. The Morgan fingerprint density at radius 3 is 2.73 bits per heavy atom. The van der Waals surface area contributed by atoms with E-state index in [1.807, 2.05) is 38.1 Å². The van der Waals surface area contributed by atoms with E-state index >= 15 is 0 Å². The molecule has 1 aliphatic heterocycles. The van der Waals surface area contributed by atoms with Gasteiger partial charge in [-0.2, -0.15) is 0 Å². The summed E-state index contributed by atoms with van der Waals surface area (Å²) >= 11 is 3.04. The molecule has 0 saturated carbocycles. The lowest BCUT2D eigenvalue weighted by Crippen LogP contribution is -2.20. The monoisotopic (exact) mass is 385 g/mol. The highest BCUT2D eigenvalue weighted by Crippen LogP contribution is 2.41. The third-order valence-electron chi connectivity index (χ3n) is 4.77. The number of nitrogens with one attached hydrogen (secondary N) is 1. The molecule has 0 amide bonds. The molecular formula is C18H15N3O3S2. The Kier molecular flexibility index (Phi) is 3.37. The number of benzene rings is 1. The first-order valence-electron chi connectivity index (χ1n) is 8.10. The Labute approximate surface area is 156 Å². The number of fused-ring (bicyclic) bond motifs is 4. The van der Waals surface area contributed by atoms with E-state index in [9.17, 15) is 4.79 Å². The van der Waals surface area contributed by atoms with E-state index in [1.165, 1.54) is 11.3 Å². The zero-order valence-corrected chi connectivity index (χ0v) is 16.0. The van der Waals surface area contributed by atoms with Crippen molar-refractivity contribution in [1.29, 1.82) is 0 Å². The summed E-state index contributed by atoms with van der Waals surface area (Å²) in [5.41, 5.74) is 4.99. The molecule has 1 aromatic carbocycles. The fraction of sp³-hybridized carbons (Fsp3) is 0.222. The molecule has 4 heterocycles. The van der Waals surface area contributed by atoms with Gasteiger partial charge in [0.2, 0.25) is 10.8 Å². The SMILES string of the molecule is COc1ccc(C2NOc3c2sc2nc4sc(C)c(C)c4c(=O)n32)cc1. The van der Waals surface area contributed by atoms with Crippen LogP contribution in [0.4, 0.5) is 0 Å². The molecule has 0 saturated heterocycles. The minimum absolute atomic E-state index is 0.0680. The van der Waals surface area contributed by atoms with Crippen LogP contribution in [-0.4, -0.2) is 16.5 Å². The van der Waals surface area contributed by atoms with Crippen LogP contribution in [0, 0.1) is 13.8 Å². The predicted molar refractivity (Wildman–Crippen MR) is 103 cm³/mol. The maximum Gasteiger partial charge on any atom is 0.270 e. The van der Waals surface area contributed by atoms with Crippen LogP contribution < -0.4 is 20.6 Å². The lowest BCUT2D eigenvalue weighted by molar-refractivity contribution is 0.197. The fourth-order valence-electron chi connectivity index (χ4n) is 3.24. The molecule has 1 N–H and O–H groups in total. The Morgan fingerprint density at radius 2 is 2.00 bits per heavy atom. The number of hydrogen-bond donors (Lipinski definition) is 1. The molecule has 3 aromatic heterocycles. The number of nitrogens with zero attached hydrogens (tertiary/aromatic N) is 2. The van der Waals surface area contributed by atoms with Gasteiger partial charge in [0.05, 0.1) is 17.4 Å². The Hall–Kier alpha value is -2.42. The van der Waals surface area contributed by atoms with Gasteiger partial charge in [0.15, 0.2) is 0 Å². The van der Waals surface area contributed by atoms with Gasteiger partial charge in [-0.3, -0.25) is 4.79 Å². The highest BCUT2D eigenvalue weighted by Gasteiger charge is 2.32. The zero-order chi connectivity index (χ0) is 18.0. The van der Waals surface area contributed by atoms with Gasteiger partial charge >= 0.3 is 0 Å². The average Bonchev–Trinajstić information content (AvgIpc) is 3.28. The van der Waals surface area contributed by atoms with E-state index in [1.54, 1.807) is 22.8 Å². The second-order valence-electron chi connectivity index (χ2n) is 6.20. The van der Waals surface area contributed by atoms with Crippen LogP contribution in [0.15, 0.2) is 29.1 Å². The van der Waals surface area contributed by atoms with E-state index in [0.29, 0.717) is 16.2 Å². The highest BCUT2D eigenvalue weighted by molar-refractivity contribution is 7.19. The van der Waals surface area contributed by atoms with Gasteiger partial charge in [0.25, 0.3) is 5.56 Å². The number of thiophene rings is 1. The number of aromatic nitrogens is 2. The maximum absolute atomic E-state index is 13.1. The molecule has 0 aliphatic carbocycles. The second kappa shape index (κ2) is 5.54. The van der Waals surface area contributed by atoms with Crippen molar-refractivity contribution in [2.45, 2.75) is 19.9 Å². The van der Waals surface area contributed by atoms with Crippen LogP contribution in [0.2, 0.25) is 0 Å². The molecule has 0 spiro atoms. The van der Waals surface area contributed by atoms with E-state index in [2.05, 4.69) is 5.48 Å². The maximum atomic E-state index is 13.1. The van der Waals surface area contributed by atoms with Crippen LogP contribution >= 0.6 is 22.7 Å². The molecule has 0 radical (unpaired) electrons. The first kappa shape index (κ1) is 15.8. The van der Waals surface area contributed by atoms with Crippen molar-refractivity contribution in [3.63, 3.8) is 0 Å². The quantitative estimate of drug-likeness (QED) is 0.571. The molecule has 132 valence electrons. The topological polar surface area (TPSA) is 64.9 Å². The van der Waals surface area contributed by atoms with E-state index in [0.717, 1.165) is 31.5 Å². The molecule has 1 atom stereocenters. The average molecular weight is 385 g/mol. The van der Waals surface area contributed by atoms with E-state index in [-0.39, 0.29) is 11.6 Å². The summed E-state index contributed by atoms with van der Waals surface area (Å²) in [7, 11) is 1.64. The van der Waals surface area contributed by atoms with Gasteiger partial charge in [-0.1, -0.05) is 23.5 Å². The number of thiazole rings is 1. The molecule has 6 nitrogen and oxygen atoms in total. The Morgan fingerprint density at radius 1 is 1.23 bits per heavy atom. The number of aryl methyl sites for hydroxylation is 2. The summed E-state index contributed by atoms with van der Waals surface area (Å²) in [5, 5.41) is 0.682. The fourth-order valence-corrected chi connectivity index (χ4v) is 5.43. The Bertz CT molecular complexity index is 1220. The van der Waals surface area contributed by atoms with Crippen molar-refractivity contribution in [2.24, 2.45) is 0 Å².